The lowest BCUT2D eigenvalue weighted by molar-refractivity contribution is 0.0950. The summed E-state index contributed by atoms with van der Waals surface area (Å²) >= 11 is 0. The number of para-hydroxylation sites is 1. The average Bonchev–Trinajstić information content (AvgIpc) is 3.35. The number of H-pyrrole nitrogens is 1. The Morgan fingerprint density at radius 1 is 1.13 bits per heavy atom. The molecule has 0 radical (unpaired) electrons. The van der Waals surface area contributed by atoms with Gasteiger partial charge in [-0.15, -0.1) is 0 Å². The molecule has 6 nitrogen and oxygen atoms in total. The Kier molecular flexibility index (Phi) is 5.23. The fraction of sp³-hybridized carbons (Fsp3) is 0.208. The molecule has 0 bridgehead atoms. The van der Waals surface area contributed by atoms with Gasteiger partial charge in [0.1, 0.15) is 0 Å². The average molecular weight is 399 g/mol. The van der Waals surface area contributed by atoms with Gasteiger partial charge in [-0.1, -0.05) is 69.3 Å². The van der Waals surface area contributed by atoms with Gasteiger partial charge >= 0.3 is 0 Å². The molecule has 0 saturated heterocycles. The molecule has 0 saturated carbocycles. The molecule has 0 fully saturated rings. The first-order valence-electron chi connectivity index (χ1n) is 9.93. The van der Waals surface area contributed by atoms with Gasteiger partial charge in [0.25, 0.3) is 5.91 Å². The van der Waals surface area contributed by atoms with Crippen molar-refractivity contribution in [3.63, 3.8) is 0 Å². The number of amides is 1. The predicted molar refractivity (Wildman–Crippen MR) is 120 cm³/mol. The molecule has 152 valence electrons. The number of fused-ring (bicyclic) bond motifs is 1. The van der Waals surface area contributed by atoms with Gasteiger partial charge in [-0.25, -0.2) is 5.43 Å². The highest BCUT2D eigenvalue weighted by Gasteiger charge is 2.19. The maximum Gasteiger partial charge on any atom is 0.291 e. The third kappa shape index (κ3) is 4.17. The van der Waals surface area contributed by atoms with E-state index in [4.69, 9.17) is 0 Å². The number of hydrogen-bond donors (Lipinski definition) is 2. The van der Waals surface area contributed by atoms with Crippen LogP contribution in [0.2, 0.25) is 0 Å². The fourth-order valence-corrected chi connectivity index (χ4v) is 3.33. The van der Waals surface area contributed by atoms with Gasteiger partial charge in [0.15, 0.2) is 5.69 Å². The molecular weight excluding hydrogens is 374 g/mol. The van der Waals surface area contributed by atoms with Gasteiger partial charge in [0.05, 0.1) is 6.21 Å². The van der Waals surface area contributed by atoms with E-state index in [2.05, 4.69) is 76.5 Å². The Bertz CT molecular complexity index is 1200. The Morgan fingerprint density at radius 3 is 2.60 bits per heavy atom. The van der Waals surface area contributed by atoms with Crippen LogP contribution in [0, 0.1) is 0 Å². The third-order valence-electron chi connectivity index (χ3n) is 5.00. The second kappa shape index (κ2) is 7.99. The SMILES string of the molecule is CC(C)(C)c1cc(C(=O)N/N=C/c2cn(Cc3ccccc3)c3ccccc23)n[nH]1. The summed E-state index contributed by atoms with van der Waals surface area (Å²) in [6.45, 7) is 6.95. The minimum atomic E-state index is -0.342. The maximum absolute atomic E-state index is 12.4. The van der Waals surface area contributed by atoms with Crippen LogP contribution in [0.4, 0.5) is 0 Å². The van der Waals surface area contributed by atoms with E-state index in [0.717, 1.165) is 28.7 Å². The van der Waals surface area contributed by atoms with Crippen LogP contribution in [0.15, 0.2) is 72.0 Å². The van der Waals surface area contributed by atoms with Crippen molar-refractivity contribution in [2.75, 3.05) is 0 Å². The molecule has 2 aromatic heterocycles. The minimum Gasteiger partial charge on any atom is -0.342 e. The molecule has 0 unspecified atom stereocenters. The van der Waals surface area contributed by atoms with Gasteiger partial charge in [-0.3, -0.25) is 9.89 Å². The van der Waals surface area contributed by atoms with Crippen molar-refractivity contribution in [3.8, 4) is 0 Å². The standard InChI is InChI=1S/C24H25N5O/c1-24(2,3)22-13-20(26-27-22)23(30)28-25-14-18-16-29(15-17-9-5-4-6-10-17)21-12-8-7-11-19(18)21/h4-14,16H,15H2,1-3H3,(H,26,27)(H,28,30)/b25-14+. The molecule has 6 heteroatoms. The van der Waals surface area contributed by atoms with Crippen LogP contribution in [0.1, 0.15) is 48.1 Å². The summed E-state index contributed by atoms with van der Waals surface area (Å²) in [5, 5.41) is 12.3. The van der Waals surface area contributed by atoms with Gasteiger partial charge in [-0.2, -0.15) is 10.2 Å². The van der Waals surface area contributed by atoms with E-state index < -0.39 is 0 Å². The van der Waals surface area contributed by atoms with Crippen LogP contribution in [-0.4, -0.2) is 26.9 Å². The Hall–Kier alpha value is -3.67. The number of aromatic nitrogens is 3. The number of carbonyl (C=O) groups excluding carboxylic acids is 1. The number of carbonyl (C=O) groups is 1. The number of benzene rings is 2. The first kappa shape index (κ1) is 19.6. The summed E-state index contributed by atoms with van der Waals surface area (Å²) in [6, 6.07) is 20.3. The van der Waals surface area contributed by atoms with Gasteiger partial charge < -0.3 is 4.57 Å². The Morgan fingerprint density at radius 2 is 1.87 bits per heavy atom. The van der Waals surface area contributed by atoms with E-state index in [1.807, 2.05) is 30.3 Å². The van der Waals surface area contributed by atoms with Crippen LogP contribution in [0.5, 0.6) is 0 Å². The molecule has 2 heterocycles. The van der Waals surface area contributed by atoms with Crippen molar-refractivity contribution in [2.45, 2.75) is 32.7 Å². The Balaban J connectivity index is 1.53. The zero-order chi connectivity index (χ0) is 21.1. The van der Waals surface area contributed by atoms with Crippen LogP contribution in [0.25, 0.3) is 10.9 Å². The first-order chi connectivity index (χ1) is 14.4. The summed E-state index contributed by atoms with van der Waals surface area (Å²) in [6.07, 6.45) is 3.73. The number of nitrogens with one attached hydrogen (secondary N) is 2. The Labute approximate surface area is 175 Å². The zero-order valence-corrected chi connectivity index (χ0v) is 17.4. The molecule has 4 rings (SSSR count). The number of hydrogen-bond acceptors (Lipinski definition) is 3. The molecule has 2 aromatic carbocycles. The molecule has 0 aliphatic carbocycles. The van der Waals surface area contributed by atoms with Gasteiger partial charge in [0, 0.05) is 40.3 Å². The number of hydrazone groups is 1. The summed E-state index contributed by atoms with van der Waals surface area (Å²) in [5.74, 6) is -0.342. The topological polar surface area (TPSA) is 75.1 Å². The highest BCUT2D eigenvalue weighted by atomic mass is 16.2. The van der Waals surface area contributed by atoms with Crippen LogP contribution >= 0.6 is 0 Å². The van der Waals surface area contributed by atoms with E-state index >= 15 is 0 Å². The number of nitrogens with zero attached hydrogens (tertiary/aromatic N) is 3. The van der Waals surface area contributed by atoms with Crippen molar-refractivity contribution in [3.05, 3.63) is 89.4 Å². The summed E-state index contributed by atoms with van der Waals surface area (Å²) in [7, 11) is 0. The highest BCUT2D eigenvalue weighted by molar-refractivity contribution is 6.00. The largest absolute Gasteiger partial charge is 0.342 e. The summed E-state index contributed by atoms with van der Waals surface area (Å²) in [4.78, 5) is 12.4. The minimum absolute atomic E-state index is 0.102. The lowest BCUT2D eigenvalue weighted by Crippen LogP contribution is -2.18. The van der Waals surface area contributed by atoms with E-state index in [1.165, 1.54) is 5.56 Å². The molecule has 1 amide bonds. The predicted octanol–water partition coefficient (Wildman–Crippen LogP) is 4.47. The lowest BCUT2D eigenvalue weighted by atomic mass is 9.92. The first-order valence-corrected chi connectivity index (χ1v) is 9.93. The zero-order valence-electron chi connectivity index (χ0n) is 17.4. The molecule has 30 heavy (non-hydrogen) atoms. The second-order valence-electron chi connectivity index (χ2n) is 8.33. The molecule has 0 aliphatic rings. The van der Waals surface area contributed by atoms with Crippen molar-refractivity contribution in [2.24, 2.45) is 5.10 Å². The van der Waals surface area contributed by atoms with E-state index in [9.17, 15) is 4.79 Å². The molecular formula is C24H25N5O. The third-order valence-corrected chi connectivity index (χ3v) is 5.00. The summed E-state index contributed by atoms with van der Waals surface area (Å²) in [5.41, 5.74) is 6.99. The summed E-state index contributed by atoms with van der Waals surface area (Å²) < 4.78 is 2.19. The van der Waals surface area contributed by atoms with Crippen molar-refractivity contribution < 1.29 is 4.79 Å². The van der Waals surface area contributed by atoms with Crippen molar-refractivity contribution in [1.29, 1.82) is 0 Å². The van der Waals surface area contributed by atoms with E-state index in [0.29, 0.717) is 5.69 Å². The van der Waals surface area contributed by atoms with E-state index in [-0.39, 0.29) is 11.3 Å². The molecule has 2 N–H and O–H groups in total. The maximum atomic E-state index is 12.4. The molecule has 0 aliphatic heterocycles. The van der Waals surface area contributed by atoms with Crippen LogP contribution < -0.4 is 5.43 Å². The molecule has 0 spiro atoms. The normalized spacial score (nSPS) is 12.0. The van der Waals surface area contributed by atoms with Crippen molar-refractivity contribution >= 4 is 23.0 Å². The molecule has 0 atom stereocenters. The van der Waals surface area contributed by atoms with Crippen molar-refractivity contribution in [1.82, 2.24) is 20.2 Å². The number of rotatable bonds is 5. The fourth-order valence-electron chi connectivity index (χ4n) is 3.33. The quantitative estimate of drug-likeness (QED) is 0.384. The lowest BCUT2D eigenvalue weighted by Gasteiger charge is -2.14. The molecule has 4 aromatic rings. The van der Waals surface area contributed by atoms with Gasteiger partial charge in [0.2, 0.25) is 0 Å². The number of aromatic amines is 1. The van der Waals surface area contributed by atoms with Gasteiger partial charge in [-0.05, 0) is 17.7 Å². The van der Waals surface area contributed by atoms with E-state index in [1.54, 1.807) is 12.3 Å². The highest BCUT2D eigenvalue weighted by Crippen LogP contribution is 2.22. The smallest absolute Gasteiger partial charge is 0.291 e. The van der Waals surface area contributed by atoms with Crippen LogP contribution in [-0.2, 0) is 12.0 Å². The van der Waals surface area contributed by atoms with Crippen LogP contribution in [0.3, 0.4) is 0 Å². The second-order valence-corrected chi connectivity index (χ2v) is 8.33. The monoisotopic (exact) mass is 399 g/mol.